The van der Waals surface area contributed by atoms with Gasteiger partial charge >= 0.3 is 6.61 Å². The molecule has 2 aromatic rings. The number of ether oxygens (including phenoxy) is 1. The number of benzene rings is 1. The highest BCUT2D eigenvalue weighted by Gasteiger charge is 2.19. The summed E-state index contributed by atoms with van der Waals surface area (Å²) < 4.78 is 28.8. The standard InChI is InChI=1S/C16H19F2N3OS.ClH/c1-11-14(12-3-5-13(6-4-12)22-15(17)18)19-16(23-11)21-9-7-20(2)8-10-21;/h3-6,15H,7-10H2,1-2H3;1H. The van der Waals surface area contributed by atoms with Gasteiger partial charge in [0.25, 0.3) is 0 Å². The van der Waals surface area contributed by atoms with E-state index >= 15 is 0 Å². The van der Waals surface area contributed by atoms with Crippen molar-refractivity contribution in [1.82, 2.24) is 9.88 Å². The fourth-order valence-corrected chi connectivity index (χ4v) is 3.56. The number of aromatic nitrogens is 1. The minimum atomic E-state index is -2.80. The number of thiazole rings is 1. The van der Waals surface area contributed by atoms with Gasteiger partial charge in [-0.1, -0.05) is 0 Å². The molecule has 8 heteroatoms. The van der Waals surface area contributed by atoms with Gasteiger partial charge in [-0.05, 0) is 38.2 Å². The van der Waals surface area contributed by atoms with E-state index in [1.54, 1.807) is 35.6 Å². The number of nitrogens with zero attached hydrogens (tertiary/aromatic N) is 3. The van der Waals surface area contributed by atoms with Crippen molar-refractivity contribution in [2.75, 3.05) is 38.1 Å². The first-order chi connectivity index (χ1) is 11.0. The topological polar surface area (TPSA) is 28.6 Å². The molecule has 1 aliphatic heterocycles. The predicted octanol–water partition coefficient (Wildman–Crippen LogP) is 3.89. The highest BCUT2D eigenvalue weighted by atomic mass is 35.5. The average molecular weight is 376 g/mol. The lowest BCUT2D eigenvalue weighted by atomic mass is 10.1. The zero-order valence-electron chi connectivity index (χ0n) is 13.5. The second-order valence-electron chi connectivity index (χ2n) is 5.59. The number of rotatable bonds is 4. The Hall–Kier alpha value is -1.44. The Morgan fingerprint density at radius 3 is 2.33 bits per heavy atom. The number of piperazine rings is 1. The lowest BCUT2D eigenvalue weighted by molar-refractivity contribution is -0.0498. The molecule has 0 radical (unpaired) electrons. The largest absolute Gasteiger partial charge is 0.435 e. The van der Waals surface area contributed by atoms with Crippen LogP contribution in [0, 0.1) is 6.92 Å². The minimum Gasteiger partial charge on any atom is -0.435 e. The van der Waals surface area contributed by atoms with Gasteiger partial charge in [-0.25, -0.2) is 4.98 Å². The van der Waals surface area contributed by atoms with Crippen molar-refractivity contribution in [3.8, 4) is 17.0 Å². The second kappa shape index (κ2) is 8.09. The van der Waals surface area contributed by atoms with E-state index in [-0.39, 0.29) is 18.2 Å². The van der Waals surface area contributed by atoms with E-state index in [9.17, 15) is 8.78 Å². The fraction of sp³-hybridized carbons (Fsp3) is 0.438. The maximum absolute atomic E-state index is 12.2. The zero-order chi connectivity index (χ0) is 16.4. The van der Waals surface area contributed by atoms with Crippen LogP contribution in [0.4, 0.5) is 13.9 Å². The summed E-state index contributed by atoms with van der Waals surface area (Å²) in [4.78, 5) is 10.5. The monoisotopic (exact) mass is 375 g/mol. The molecule has 24 heavy (non-hydrogen) atoms. The molecule has 132 valence electrons. The summed E-state index contributed by atoms with van der Waals surface area (Å²) in [7, 11) is 2.12. The Kier molecular flexibility index (Phi) is 6.37. The van der Waals surface area contributed by atoms with Crippen molar-refractivity contribution in [2.45, 2.75) is 13.5 Å². The lowest BCUT2D eigenvalue weighted by Crippen LogP contribution is -2.44. The lowest BCUT2D eigenvalue weighted by Gasteiger charge is -2.32. The Morgan fingerprint density at radius 1 is 1.12 bits per heavy atom. The molecular weight excluding hydrogens is 356 g/mol. The highest BCUT2D eigenvalue weighted by molar-refractivity contribution is 7.16. The van der Waals surface area contributed by atoms with Gasteiger partial charge in [0.1, 0.15) is 5.75 Å². The Bertz CT molecular complexity index is 658. The molecule has 0 spiro atoms. The van der Waals surface area contributed by atoms with Crippen LogP contribution in [0.25, 0.3) is 11.3 Å². The highest BCUT2D eigenvalue weighted by Crippen LogP contribution is 2.33. The Balaban J connectivity index is 0.00000208. The van der Waals surface area contributed by atoms with Crippen LogP contribution in [0.1, 0.15) is 4.88 Å². The van der Waals surface area contributed by atoms with Crippen LogP contribution >= 0.6 is 23.7 Å². The van der Waals surface area contributed by atoms with Gasteiger partial charge in [0.15, 0.2) is 5.13 Å². The summed E-state index contributed by atoms with van der Waals surface area (Å²) in [5, 5.41) is 1.03. The molecule has 4 nitrogen and oxygen atoms in total. The van der Waals surface area contributed by atoms with Crippen LogP contribution in [0.2, 0.25) is 0 Å². The van der Waals surface area contributed by atoms with Crippen LogP contribution in [0.15, 0.2) is 24.3 Å². The van der Waals surface area contributed by atoms with Gasteiger partial charge in [0, 0.05) is 36.6 Å². The van der Waals surface area contributed by atoms with Crippen LogP contribution < -0.4 is 9.64 Å². The average Bonchev–Trinajstić information content (AvgIpc) is 2.90. The second-order valence-corrected chi connectivity index (χ2v) is 6.78. The molecule has 0 unspecified atom stereocenters. The third-order valence-corrected chi connectivity index (χ3v) is 4.94. The van der Waals surface area contributed by atoms with Crippen molar-refractivity contribution in [3.05, 3.63) is 29.1 Å². The van der Waals surface area contributed by atoms with E-state index in [0.29, 0.717) is 0 Å². The quantitative estimate of drug-likeness (QED) is 0.810. The first-order valence-electron chi connectivity index (χ1n) is 7.49. The van der Waals surface area contributed by atoms with Crippen LogP contribution in [-0.4, -0.2) is 49.7 Å². The molecular formula is C16H20ClF2N3OS. The summed E-state index contributed by atoms with van der Waals surface area (Å²) in [5.74, 6) is 0.163. The van der Waals surface area contributed by atoms with Crippen molar-refractivity contribution < 1.29 is 13.5 Å². The van der Waals surface area contributed by atoms with Gasteiger partial charge in [0.2, 0.25) is 0 Å². The van der Waals surface area contributed by atoms with Crippen molar-refractivity contribution in [3.63, 3.8) is 0 Å². The summed E-state index contributed by atoms with van der Waals surface area (Å²) in [6.45, 7) is 3.26. The van der Waals surface area contributed by atoms with Crippen molar-refractivity contribution in [1.29, 1.82) is 0 Å². The molecule has 0 bridgehead atoms. The van der Waals surface area contributed by atoms with Crippen LogP contribution in [-0.2, 0) is 0 Å². The maximum atomic E-state index is 12.2. The van der Waals surface area contributed by atoms with Gasteiger partial charge in [-0.3, -0.25) is 0 Å². The number of halogens is 3. The van der Waals surface area contributed by atoms with Gasteiger partial charge < -0.3 is 14.5 Å². The smallest absolute Gasteiger partial charge is 0.387 e. The normalized spacial score (nSPS) is 15.5. The molecule has 2 heterocycles. The molecule has 1 fully saturated rings. The van der Waals surface area contributed by atoms with Crippen molar-refractivity contribution >= 4 is 28.9 Å². The molecule has 1 aromatic carbocycles. The first-order valence-corrected chi connectivity index (χ1v) is 8.31. The molecule has 1 saturated heterocycles. The number of aryl methyl sites for hydroxylation is 1. The summed E-state index contributed by atoms with van der Waals surface area (Å²) >= 11 is 1.68. The molecule has 1 aromatic heterocycles. The van der Waals surface area contributed by atoms with Crippen LogP contribution in [0.5, 0.6) is 5.75 Å². The number of hydrogen-bond donors (Lipinski definition) is 0. The van der Waals surface area contributed by atoms with Gasteiger partial charge in [0.05, 0.1) is 5.69 Å². The Labute approximate surface area is 150 Å². The molecule has 0 saturated carbocycles. The zero-order valence-corrected chi connectivity index (χ0v) is 15.2. The molecule has 1 aliphatic rings. The number of likely N-dealkylation sites (N-methyl/N-ethyl adjacent to an activating group) is 1. The maximum Gasteiger partial charge on any atom is 0.387 e. The third-order valence-electron chi connectivity index (χ3n) is 3.91. The predicted molar refractivity (Wildman–Crippen MR) is 95.9 cm³/mol. The van der Waals surface area contributed by atoms with Crippen LogP contribution in [0.3, 0.4) is 0 Å². The van der Waals surface area contributed by atoms with E-state index in [4.69, 9.17) is 4.98 Å². The summed E-state index contributed by atoms with van der Waals surface area (Å²) in [5.41, 5.74) is 1.83. The molecule has 0 amide bonds. The van der Waals surface area contributed by atoms with Crippen molar-refractivity contribution in [2.24, 2.45) is 0 Å². The number of anilines is 1. The van der Waals surface area contributed by atoms with Gasteiger partial charge in [-0.15, -0.1) is 23.7 Å². The van der Waals surface area contributed by atoms with Gasteiger partial charge in [-0.2, -0.15) is 8.78 Å². The summed E-state index contributed by atoms with van der Waals surface area (Å²) in [6, 6.07) is 6.65. The Morgan fingerprint density at radius 2 is 1.75 bits per heavy atom. The van der Waals surface area contributed by atoms with E-state index in [2.05, 4.69) is 21.6 Å². The van der Waals surface area contributed by atoms with E-state index in [1.165, 1.54) is 0 Å². The van der Waals surface area contributed by atoms with E-state index in [0.717, 1.165) is 47.4 Å². The first kappa shape index (κ1) is 18.9. The SMILES string of the molecule is Cc1sc(N2CCN(C)CC2)nc1-c1ccc(OC(F)F)cc1.Cl. The summed E-state index contributed by atoms with van der Waals surface area (Å²) in [6.07, 6.45) is 0. The molecule has 0 N–H and O–H groups in total. The molecule has 0 aliphatic carbocycles. The van der Waals surface area contributed by atoms with E-state index < -0.39 is 6.61 Å². The minimum absolute atomic E-state index is 0. The number of alkyl halides is 2. The molecule has 3 rings (SSSR count). The van der Waals surface area contributed by atoms with E-state index in [1.807, 2.05) is 6.92 Å². The fourth-order valence-electron chi connectivity index (χ4n) is 2.58. The third kappa shape index (κ3) is 4.34. The molecule has 0 atom stereocenters. The number of hydrogen-bond acceptors (Lipinski definition) is 5.